The minimum Gasteiger partial charge on any atom is -0.339 e. The van der Waals surface area contributed by atoms with Gasteiger partial charge in [-0.15, -0.1) is 0 Å². The Kier molecular flexibility index (Phi) is 3.23. The van der Waals surface area contributed by atoms with Crippen LogP contribution in [0.3, 0.4) is 0 Å². The molecule has 0 saturated heterocycles. The summed E-state index contributed by atoms with van der Waals surface area (Å²) in [6, 6.07) is 3.53. The Balaban J connectivity index is 2.14. The van der Waals surface area contributed by atoms with Crippen LogP contribution in [0.15, 0.2) is 29.0 Å². The molecule has 1 unspecified atom stereocenters. The number of rotatable bonds is 4. The highest BCUT2D eigenvalue weighted by Crippen LogP contribution is 2.13. The van der Waals surface area contributed by atoms with Crippen molar-refractivity contribution in [1.82, 2.24) is 15.1 Å². The number of hydrogen-bond donors (Lipinski definition) is 2. The topological polar surface area (TPSA) is 104 Å². The SMILES string of the molecule is NCC(N)Cc1nc(-c2cccnc2)no1. The Morgan fingerprint density at radius 2 is 2.31 bits per heavy atom. The largest absolute Gasteiger partial charge is 0.339 e. The van der Waals surface area contributed by atoms with E-state index in [0.29, 0.717) is 24.7 Å². The minimum atomic E-state index is -0.151. The van der Waals surface area contributed by atoms with E-state index < -0.39 is 0 Å². The van der Waals surface area contributed by atoms with E-state index in [-0.39, 0.29) is 6.04 Å². The summed E-state index contributed by atoms with van der Waals surface area (Å²) < 4.78 is 5.07. The average molecular weight is 219 g/mol. The van der Waals surface area contributed by atoms with Gasteiger partial charge in [-0.25, -0.2) is 0 Å². The standard InChI is InChI=1S/C10H13N5O/c11-5-8(12)4-9-14-10(15-16-9)7-2-1-3-13-6-7/h1-3,6,8H,4-5,11-12H2. The number of nitrogens with two attached hydrogens (primary N) is 2. The van der Waals surface area contributed by atoms with Crippen molar-refractivity contribution in [1.29, 1.82) is 0 Å². The predicted molar refractivity (Wildman–Crippen MR) is 58.3 cm³/mol. The van der Waals surface area contributed by atoms with Crippen molar-refractivity contribution in [3.05, 3.63) is 30.4 Å². The van der Waals surface area contributed by atoms with E-state index in [0.717, 1.165) is 5.56 Å². The lowest BCUT2D eigenvalue weighted by molar-refractivity contribution is 0.370. The maximum absolute atomic E-state index is 5.69. The molecule has 2 heterocycles. The number of nitrogens with zero attached hydrogens (tertiary/aromatic N) is 3. The molecule has 2 aromatic heterocycles. The maximum Gasteiger partial charge on any atom is 0.228 e. The molecule has 0 spiro atoms. The van der Waals surface area contributed by atoms with Gasteiger partial charge in [0.15, 0.2) is 0 Å². The molecule has 0 aliphatic heterocycles. The fraction of sp³-hybridized carbons (Fsp3) is 0.300. The molecular formula is C10H13N5O. The lowest BCUT2D eigenvalue weighted by Crippen LogP contribution is -2.31. The first kappa shape index (κ1) is 10.7. The Hall–Kier alpha value is -1.79. The van der Waals surface area contributed by atoms with E-state index in [9.17, 15) is 0 Å². The molecule has 2 aromatic rings. The third-order valence-electron chi connectivity index (χ3n) is 2.13. The van der Waals surface area contributed by atoms with Crippen LogP contribution in [0.1, 0.15) is 5.89 Å². The highest BCUT2D eigenvalue weighted by atomic mass is 16.5. The lowest BCUT2D eigenvalue weighted by Gasteiger charge is -2.02. The summed E-state index contributed by atoms with van der Waals surface area (Å²) in [7, 11) is 0. The maximum atomic E-state index is 5.69. The highest BCUT2D eigenvalue weighted by molar-refractivity contribution is 5.51. The Labute approximate surface area is 92.7 Å². The molecule has 4 N–H and O–H groups in total. The van der Waals surface area contributed by atoms with Crippen LogP contribution >= 0.6 is 0 Å². The summed E-state index contributed by atoms with van der Waals surface area (Å²) in [5, 5.41) is 3.85. The molecule has 6 heteroatoms. The monoisotopic (exact) mass is 219 g/mol. The first-order valence-corrected chi connectivity index (χ1v) is 4.98. The van der Waals surface area contributed by atoms with Crippen LogP contribution in [0.4, 0.5) is 0 Å². The van der Waals surface area contributed by atoms with Gasteiger partial charge in [0.1, 0.15) is 0 Å². The molecular weight excluding hydrogens is 206 g/mol. The zero-order valence-electron chi connectivity index (χ0n) is 8.71. The van der Waals surface area contributed by atoms with Crippen molar-refractivity contribution < 1.29 is 4.52 Å². The molecule has 84 valence electrons. The van der Waals surface area contributed by atoms with Gasteiger partial charge in [-0.05, 0) is 12.1 Å². The second-order valence-corrected chi connectivity index (χ2v) is 3.45. The molecule has 0 fully saturated rings. The van der Waals surface area contributed by atoms with Crippen LogP contribution in [-0.2, 0) is 6.42 Å². The summed E-state index contributed by atoms with van der Waals surface area (Å²) in [6.45, 7) is 0.393. The molecule has 0 aliphatic carbocycles. The summed E-state index contributed by atoms with van der Waals surface area (Å²) >= 11 is 0. The van der Waals surface area contributed by atoms with Gasteiger partial charge < -0.3 is 16.0 Å². The van der Waals surface area contributed by atoms with Gasteiger partial charge in [-0.1, -0.05) is 5.16 Å². The number of pyridine rings is 1. The van der Waals surface area contributed by atoms with Crippen LogP contribution in [0.25, 0.3) is 11.4 Å². The van der Waals surface area contributed by atoms with Crippen molar-refractivity contribution in [3.8, 4) is 11.4 Å². The first-order valence-electron chi connectivity index (χ1n) is 4.98. The van der Waals surface area contributed by atoms with Gasteiger partial charge in [0.05, 0.1) is 0 Å². The van der Waals surface area contributed by atoms with Crippen LogP contribution in [0.2, 0.25) is 0 Å². The van der Waals surface area contributed by atoms with Gasteiger partial charge in [0.2, 0.25) is 11.7 Å². The fourth-order valence-corrected chi connectivity index (χ4v) is 1.26. The Morgan fingerprint density at radius 3 is 3.00 bits per heavy atom. The molecule has 1 atom stereocenters. The molecule has 6 nitrogen and oxygen atoms in total. The van der Waals surface area contributed by atoms with Gasteiger partial charge in [-0.3, -0.25) is 4.98 Å². The van der Waals surface area contributed by atoms with Gasteiger partial charge in [0, 0.05) is 37.0 Å². The van der Waals surface area contributed by atoms with Crippen LogP contribution in [0.5, 0.6) is 0 Å². The quantitative estimate of drug-likeness (QED) is 0.747. The third-order valence-corrected chi connectivity index (χ3v) is 2.13. The summed E-state index contributed by atoms with van der Waals surface area (Å²) in [6.07, 6.45) is 3.86. The smallest absolute Gasteiger partial charge is 0.228 e. The molecule has 16 heavy (non-hydrogen) atoms. The van der Waals surface area contributed by atoms with E-state index in [1.54, 1.807) is 12.4 Å². The van der Waals surface area contributed by atoms with Gasteiger partial charge in [0.25, 0.3) is 0 Å². The summed E-state index contributed by atoms with van der Waals surface area (Å²) in [5.74, 6) is 1.02. The van der Waals surface area contributed by atoms with E-state index in [4.69, 9.17) is 16.0 Å². The third kappa shape index (κ3) is 2.41. The van der Waals surface area contributed by atoms with Crippen molar-refractivity contribution >= 4 is 0 Å². The first-order chi connectivity index (χ1) is 7.79. The van der Waals surface area contributed by atoms with Crippen LogP contribution < -0.4 is 11.5 Å². The minimum absolute atomic E-state index is 0.151. The summed E-state index contributed by atoms with van der Waals surface area (Å²) in [4.78, 5) is 8.20. The zero-order chi connectivity index (χ0) is 11.4. The average Bonchev–Trinajstić information content (AvgIpc) is 2.78. The fourth-order valence-electron chi connectivity index (χ4n) is 1.26. The lowest BCUT2D eigenvalue weighted by atomic mass is 10.2. The molecule has 0 aromatic carbocycles. The van der Waals surface area contributed by atoms with E-state index in [2.05, 4.69) is 15.1 Å². The number of aromatic nitrogens is 3. The van der Waals surface area contributed by atoms with Crippen LogP contribution in [0, 0.1) is 0 Å². The Morgan fingerprint density at radius 1 is 1.44 bits per heavy atom. The van der Waals surface area contributed by atoms with E-state index >= 15 is 0 Å². The molecule has 0 amide bonds. The van der Waals surface area contributed by atoms with Crippen molar-refractivity contribution in [3.63, 3.8) is 0 Å². The second-order valence-electron chi connectivity index (χ2n) is 3.45. The van der Waals surface area contributed by atoms with Crippen molar-refractivity contribution in [2.45, 2.75) is 12.5 Å². The van der Waals surface area contributed by atoms with Gasteiger partial charge >= 0.3 is 0 Å². The Bertz CT molecular complexity index is 441. The van der Waals surface area contributed by atoms with E-state index in [1.807, 2.05) is 12.1 Å². The molecule has 0 aliphatic rings. The number of hydrogen-bond acceptors (Lipinski definition) is 6. The molecule has 2 rings (SSSR count). The highest BCUT2D eigenvalue weighted by Gasteiger charge is 2.11. The molecule has 0 radical (unpaired) electrons. The van der Waals surface area contributed by atoms with Crippen molar-refractivity contribution in [2.75, 3.05) is 6.54 Å². The molecule has 0 saturated carbocycles. The predicted octanol–water partition coefficient (Wildman–Crippen LogP) is -0.0399. The molecule has 0 bridgehead atoms. The van der Waals surface area contributed by atoms with Crippen LogP contribution in [-0.4, -0.2) is 27.7 Å². The van der Waals surface area contributed by atoms with Gasteiger partial charge in [-0.2, -0.15) is 4.98 Å². The van der Waals surface area contributed by atoms with E-state index in [1.165, 1.54) is 0 Å². The van der Waals surface area contributed by atoms with Crippen molar-refractivity contribution in [2.24, 2.45) is 11.5 Å². The second kappa shape index (κ2) is 4.82. The zero-order valence-corrected chi connectivity index (χ0v) is 8.71. The summed E-state index contributed by atoms with van der Waals surface area (Å²) in [5.41, 5.74) is 11.9. The normalized spacial score (nSPS) is 12.6.